The van der Waals surface area contributed by atoms with Crippen molar-refractivity contribution in [1.29, 1.82) is 0 Å². The zero-order valence-electron chi connectivity index (χ0n) is 8.13. The Morgan fingerprint density at radius 2 is 2.08 bits per heavy atom. The van der Waals surface area contributed by atoms with Crippen LogP contribution in [0, 0.1) is 5.92 Å². The fourth-order valence-corrected chi connectivity index (χ4v) is 1.70. The van der Waals surface area contributed by atoms with Gasteiger partial charge in [0, 0.05) is 13.2 Å². The van der Waals surface area contributed by atoms with E-state index in [1.165, 1.54) is 25.8 Å². The molecule has 1 aliphatic carbocycles. The van der Waals surface area contributed by atoms with Gasteiger partial charge in [0.05, 0.1) is 0 Å². The standard InChI is InChI=1S/C10H21NO/c1-11(7-2-3-8-12)9-10-5-4-6-10/h10,12H,2-9H2,1H3. The third-order valence-corrected chi connectivity index (χ3v) is 2.74. The van der Waals surface area contributed by atoms with Gasteiger partial charge in [0.2, 0.25) is 0 Å². The summed E-state index contributed by atoms with van der Waals surface area (Å²) < 4.78 is 0. The number of rotatable bonds is 6. The molecule has 1 saturated carbocycles. The topological polar surface area (TPSA) is 23.5 Å². The van der Waals surface area contributed by atoms with Gasteiger partial charge in [-0.05, 0) is 45.2 Å². The van der Waals surface area contributed by atoms with E-state index in [4.69, 9.17) is 5.11 Å². The summed E-state index contributed by atoms with van der Waals surface area (Å²) in [5.74, 6) is 0.976. The Balaban J connectivity index is 1.91. The van der Waals surface area contributed by atoms with Crippen LogP contribution in [0.5, 0.6) is 0 Å². The van der Waals surface area contributed by atoms with Crippen LogP contribution in [0.2, 0.25) is 0 Å². The lowest BCUT2D eigenvalue weighted by molar-refractivity contribution is 0.197. The summed E-state index contributed by atoms with van der Waals surface area (Å²) in [7, 11) is 2.19. The molecule has 0 aromatic carbocycles. The maximum Gasteiger partial charge on any atom is 0.0431 e. The largest absolute Gasteiger partial charge is 0.396 e. The van der Waals surface area contributed by atoms with Crippen molar-refractivity contribution in [2.75, 3.05) is 26.7 Å². The van der Waals surface area contributed by atoms with E-state index >= 15 is 0 Å². The molecule has 1 rings (SSSR count). The molecule has 1 fully saturated rings. The molecule has 1 aliphatic rings. The molecule has 0 aromatic heterocycles. The summed E-state index contributed by atoms with van der Waals surface area (Å²) >= 11 is 0. The van der Waals surface area contributed by atoms with E-state index < -0.39 is 0 Å². The van der Waals surface area contributed by atoms with Crippen molar-refractivity contribution in [1.82, 2.24) is 4.90 Å². The number of nitrogens with zero attached hydrogens (tertiary/aromatic N) is 1. The van der Waals surface area contributed by atoms with Gasteiger partial charge in [-0.2, -0.15) is 0 Å². The summed E-state index contributed by atoms with van der Waals surface area (Å²) in [4.78, 5) is 2.40. The first-order valence-electron chi connectivity index (χ1n) is 5.12. The second kappa shape index (κ2) is 5.55. The Bertz CT molecular complexity index is 112. The molecule has 72 valence electrons. The minimum absolute atomic E-state index is 0.345. The highest BCUT2D eigenvalue weighted by molar-refractivity contribution is 4.72. The van der Waals surface area contributed by atoms with Crippen LogP contribution in [0.4, 0.5) is 0 Å². The van der Waals surface area contributed by atoms with Gasteiger partial charge in [0.1, 0.15) is 0 Å². The van der Waals surface area contributed by atoms with E-state index in [1.807, 2.05) is 0 Å². The Morgan fingerprint density at radius 1 is 1.33 bits per heavy atom. The molecule has 0 amide bonds. The van der Waals surface area contributed by atoms with Crippen LogP contribution >= 0.6 is 0 Å². The van der Waals surface area contributed by atoms with Gasteiger partial charge in [-0.25, -0.2) is 0 Å². The Morgan fingerprint density at radius 3 is 2.58 bits per heavy atom. The van der Waals surface area contributed by atoms with Gasteiger partial charge in [-0.3, -0.25) is 0 Å². The molecule has 2 heteroatoms. The van der Waals surface area contributed by atoms with Crippen molar-refractivity contribution in [3.63, 3.8) is 0 Å². The van der Waals surface area contributed by atoms with Crippen molar-refractivity contribution in [2.45, 2.75) is 32.1 Å². The summed E-state index contributed by atoms with van der Waals surface area (Å²) in [6.45, 7) is 2.76. The lowest BCUT2D eigenvalue weighted by Crippen LogP contribution is -2.30. The van der Waals surface area contributed by atoms with Crippen molar-refractivity contribution < 1.29 is 5.11 Å². The molecule has 0 bridgehead atoms. The molecule has 0 spiro atoms. The fourth-order valence-electron chi connectivity index (χ4n) is 1.70. The lowest BCUT2D eigenvalue weighted by Gasteiger charge is -2.30. The number of unbranched alkanes of at least 4 members (excludes halogenated alkanes) is 1. The summed E-state index contributed by atoms with van der Waals surface area (Å²) in [6, 6.07) is 0. The first-order valence-corrected chi connectivity index (χ1v) is 5.12. The van der Waals surface area contributed by atoms with Crippen molar-refractivity contribution >= 4 is 0 Å². The Labute approximate surface area is 75.6 Å². The molecule has 2 nitrogen and oxygen atoms in total. The number of aliphatic hydroxyl groups is 1. The summed E-state index contributed by atoms with van der Waals surface area (Å²) in [5.41, 5.74) is 0. The SMILES string of the molecule is CN(CCCCO)CC1CCC1. The molecule has 0 unspecified atom stereocenters. The summed E-state index contributed by atoms with van der Waals surface area (Å²) in [6.07, 6.45) is 6.40. The van der Waals surface area contributed by atoms with E-state index in [1.54, 1.807) is 0 Å². The van der Waals surface area contributed by atoms with Crippen LogP contribution < -0.4 is 0 Å². The van der Waals surface area contributed by atoms with Crippen LogP contribution in [-0.4, -0.2) is 36.8 Å². The molecule has 0 radical (unpaired) electrons. The number of hydrogen-bond donors (Lipinski definition) is 1. The van der Waals surface area contributed by atoms with Crippen LogP contribution in [0.3, 0.4) is 0 Å². The van der Waals surface area contributed by atoms with Gasteiger partial charge in [-0.15, -0.1) is 0 Å². The zero-order chi connectivity index (χ0) is 8.81. The van der Waals surface area contributed by atoms with Gasteiger partial charge >= 0.3 is 0 Å². The Hall–Kier alpha value is -0.0800. The smallest absolute Gasteiger partial charge is 0.0431 e. The third kappa shape index (κ3) is 3.55. The average Bonchev–Trinajstić information content (AvgIpc) is 1.98. The van der Waals surface area contributed by atoms with E-state index in [0.29, 0.717) is 6.61 Å². The van der Waals surface area contributed by atoms with E-state index in [9.17, 15) is 0 Å². The van der Waals surface area contributed by atoms with Crippen molar-refractivity contribution in [2.24, 2.45) is 5.92 Å². The molecule has 0 aromatic rings. The van der Waals surface area contributed by atoms with E-state index in [2.05, 4.69) is 11.9 Å². The second-order valence-electron chi connectivity index (χ2n) is 3.99. The summed E-state index contributed by atoms with van der Waals surface area (Å²) in [5, 5.41) is 8.60. The predicted octanol–water partition coefficient (Wildman–Crippen LogP) is 1.49. The quantitative estimate of drug-likeness (QED) is 0.612. The minimum Gasteiger partial charge on any atom is -0.396 e. The highest BCUT2D eigenvalue weighted by atomic mass is 16.2. The molecular weight excluding hydrogens is 150 g/mol. The molecule has 12 heavy (non-hydrogen) atoms. The van der Waals surface area contributed by atoms with Crippen LogP contribution in [-0.2, 0) is 0 Å². The molecule has 1 N–H and O–H groups in total. The lowest BCUT2D eigenvalue weighted by atomic mass is 9.85. The minimum atomic E-state index is 0.345. The Kier molecular flexibility index (Phi) is 4.62. The van der Waals surface area contributed by atoms with Gasteiger partial charge < -0.3 is 10.0 Å². The molecule has 0 saturated heterocycles. The zero-order valence-corrected chi connectivity index (χ0v) is 8.13. The van der Waals surface area contributed by atoms with E-state index in [-0.39, 0.29) is 0 Å². The highest BCUT2D eigenvalue weighted by Crippen LogP contribution is 2.26. The van der Waals surface area contributed by atoms with Gasteiger partial charge in [0.25, 0.3) is 0 Å². The maximum absolute atomic E-state index is 8.60. The first kappa shape index (κ1) is 10.0. The van der Waals surface area contributed by atoms with Crippen LogP contribution in [0.1, 0.15) is 32.1 Å². The normalized spacial score (nSPS) is 18.2. The number of hydrogen-bond acceptors (Lipinski definition) is 2. The molecule has 0 aliphatic heterocycles. The van der Waals surface area contributed by atoms with Gasteiger partial charge in [0.15, 0.2) is 0 Å². The fraction of sp³-hybridized carbons (Fsp3) is 1.00. The molecular formula is C10H21NO. The van der Waals surface area contributed by atoms with E-state index in [0.717, 1.165) is 25.3 Å². The van der Waals surface area contributed by atoms with Crippen LogP contribution in [0.25, 0.3) is 0 Å². The highest BCUT2D eigenvalue weighted by Gasteiger charge is 2.18. The maximum atomic E-state index is 8.60. The number of aliphatic hydroxyl groups excluding tert-OH is 1. The molecule has 0 heterocycles. The molecule has 0 atom stereocenters. The van der Waals surface area contributed by atoms with Crippen molar-refractivity contribution in [3.8, 4) is 0 Å². The predicted molar refractivity (Wildman–Crippen MR) is 51.2 cm³/mol. The average molecular weight is 171 g/mol. The van der Waals surface area contributed by atoms with Gasteiger partial charge in [-0.1, -0.05) is 6.42 Å². The first-order chi connectivity index (χ1) is 5.83. The third-order valence-electron chi connectivity index (χ3n) is 2.74. The monoisotopic (exact) mass is 171 g/mol. The second-order valence-corrected chi connectivity index (χ2v) is 3.99. The van der Waals surface area contributed by atoms with Crippen LogP contribution in [0.15, 0.2) is 0 Å². The van der Waals surface area contributed by atoms with Crippen molar-refractivity contribution in [3.05, 3.63) is 0 Å².